The Bertz CT molecular complexity index is 487. The van der Waals surface area contributed by atoms with Crippen LogP contribution in [0.15, 0.2) is 6.07 Å². The quantitative estimate of drug-likeness (QED) is 0.697. The van der Waals surface area contributed by atoms with Gasteiger partial charge in [0.05, 0.1) is 5.60 Å². The van der Waals surface area contributed by atoms with Crippen molar-refractivity contribution in [1.82, 2.24) is 15.1 Å². The van der Waals surface area contributed by atoms with Crippen molar-refractivity contribution < 1.29 is 9.90 Å². The van der Waals surface area contributed by atoms with Gasteiger partial charge in [0.2, 0.25) is 0 Å². The molecule has 104 valence electrons. The summed E-state index contributed by atoms with van der Waals surface area (Å²) >= 11 is 0. The van der Waals surface area contributed by atoms with Crippen molar-refractivity contribution in [3.8, 4) is 0 Å². The van der Waals surface area contributed by atoms with Gasteiger partial charge in [0, 0.05) is 25.1 Å². The van der Waals surface area contributed by atoms with E-state index in [9.17, 15) is 9.90 Å². The fourth-order valence-electron chi connectivity index (χ4n) is 3.37. The summed E-state index contributed by atoms with van der Waals surface area (Å²) in [5, 5.41) is 17.0. The van der Waals surface area contributed by atoms with Gasteiger partial charge in [-0.1, -0.05) is 12.8 Å². The van der Waals surface area contributed by atoms with Crippen LogP contribution in [0, 0.1) is 5.92 Å². The first-order valence-electron chi connectivity index (χ1n) is 6.91. The van der Waals surface area contributed by atoms with Crippen molar-refractivity contribution in [2.45, 2.75) is 37.7 Å². The van der Waals surface area contributed by atoms with E-state index in [1.165, 1.54) is 0 Å². The molecule has 1 aromatic rings. The maximum atomic E-state index is 12.3. The first-order valence-corrected chi connectivity index (χ1v) is 6.91. The Kier molecular flexibility index (Phi) is 2.97. The Morgan fingerprint density at radius 2 is 2.37 bits per heavy atom. The van der Waals surface area contributed by atoms with E-state index in [1.807, 2.05) is 0 Å². The van der Waals surface area contributed by atoms with Gasteiger partial charge >= 0.3 is 0 Å². The van der Waals surface area contributed by atoms with E-state index in [0.29, 0.717) is 31.0 Å². The summed E-state index contributed by atoms with van der Waals surface area (Å²) < 4.78 is 0. The Hall–Kier alpha value is -1.56. The molecule has 0 aromatic carbocycles. The fourth-order valence-corrected chi connectivity index (χ4v) is 3.37. The Balaban J connectivity index is 1.72. The number of anilines is 1. The van der Waals surface area contributed by atoms with Crippen molar-refractivity contribution in [2.75, 3.05) is 18.8 Å². The number of aliphatic hydroxyl groups is 1. The third-order valence-electron chi connectivity index (χ3n) is 4.54. The maximum Gasteiger partial charge on any atom is 0.271 e. The van der Waals surface area contributed by atoms with Gasteiger partial charge in [-0.25, -0.2) is 0 Å². The third kappa shape index (κ3) is 2.20. The fraction of sp³-hybridized carbons (Fsp3) is 0.692. The van der Waals surface area contributed by atoms with Crippen LogP contribution in [0.5, 0.6) is 0 Å². The lowest BCUT2D eigenvalue weighted by atomic mass is 9.71. The summed E-state index contributed by atoms with van der Waals surface area (Å²) in [4.78, 5) is 14.1. The average molecular weight is 264 g/mol. The number of nitrogens with one attached hydrogen (secondary N) is 1. The molecule has 0 radical (unpaired) electrons. The second-order valence-electron chi connectivity index (χ2n) is 5.75. The van der Waals surface area contributed by atoms with Crippen LogP contribution < -0.4 is 5.73 Å². The summed E-state index contributed by atoms with van der Waals surface area (Å²) in [6.07, 6.45) is 4.79. The third-order valence-corrected chi connectivity index (χ3v) is 4.54. The van der Waals surface area contributed by atoms with Crippen molar-refractivity contribution in [3.05, 3.63) is 11.8 Å². The van der Waals surface area contributed by atoms with Crippen LogP contribution >= 0.6 is 0 Å². The Morgan fingerprint density at radius 1 is 1.53 bits per heavy atom. The van der Waals surface area contributed by atoms with Crippen LogP contribution in [0.25, 0.3) is 0 Å². The molecule has 0 unspecified atom stereocenters. The number of hydrogen-bond donors (Lipinski definition) is 3. The van der Waals surface area contributed by atoms with Gasteiger partial charge in [-0.2, -0.15) is 5.10 Å². The van der Waals surface area contributed by atoms with Crippen LogP contribution in [-0.4, -0.2) is 44.8 Å². The largest absolute Gasteiger partial charge is 0.389 e. The van der Waals surface area contributed by atoms with Gasteiger partial charge in [0.15, 0.2) is 0 Å². The lowest BCUT2D eigenvalue weighted by Gasteiger charge is -2.47. The van der Waals surface area contributed by atoms with Gasteiger partial charge in [-0.05, 0) is 19.3 Å². The van der Waals surface area contributed by atoms with E-state index in [0.717, 1.165) is 25.7 Å². The number of nitrogens with two attached hydrogens (primary N) is 1. The second-order valence-corrected chi connectivity index (χ2v) is 5.75. The number of fused-ring (bicyclic) bond motifs is 1. The number of likely N-dealkylation sites (tertiary alicyclic amines) is 1. The number of rotatable bonds is 1. The minimum absolute atomic E-state index is 0.0724. The molecule has 6 nitrogen and oxygen atoms in total. The van der Waals surface area contributed by atoms with Crippen molar-refractivity contribution in [1.29, 1.82) is 0 Å². The molecule has 2 atom stereocenters. The zero-order valence-electron chi connectivity index (χ0n) is 10.9. The monoisotopic (exact) mass is 264 g/mol. The molecule has 1 saturated heterocycles. The summed E-state index contributed by atoms with van der Waals surface area (Å²) in [5.41, 5.74) is 5.40. The first-order chi connectivity index (χ1) is 9.08. The highest BCUT2D eigenvalue weighted by Crippen LogP contribution is 2.39. The predicted molar refractivity (Wildman–Crippen MR) is 70.4 cm³/mol. The number of aromatic amines is 1. The van der Waals surface area contributed by atoms with Crippen LogP contribution in [-0.2, 0) is 0 Å². The molecule has 19 heavy (non-hydrogen) atoms. The number of amides is 1. The lowest BCUT2D eigenvalue weighted by Crippen LogP contribution is -2.54. The molecular weight excluding hydrogens is 244 g/mol. The van der Waals surface area contributed by atoms with Gasteiger partial charge < -0.3 is 15.7 Å². The molecule has 1 aliphatic heterocycles. The standard InChI is InChI=1S/C13H20N4O2/c14-11-7-10(15-16-11)12(18)17-6-5-13(19)4-2-1-3-9(13)8-17/h7,9,19H,1-6,8H2,(H3,14,15,16)/t9-,13-/m0/s1. The van der Waals surface area contributed by atoms with Gasteiger partial charge in [-0.3, -0.25) is 9.89 Å². The molecule has 0 spiro atoms. The number of nitrogens with zero attached hydrogens (tertiary/aromatic N) is 2. The maximum absolute atomic E-state index is 12.3. The molecule has 6 heteroatoms. The number of hydrogen-bond acceptors (Lipinski definition) is 4. The Labute approximate surface area is 112 Å². The van der Waals surface area contributed by atoms with E-state index < -0.39 is 5.60 Å². The Morgan fingerprint density at radius 3 is 3.11 bits per heavy atom. The average Bonchev–Trinajstić information content (AvgIpc) is 2.83. The molecule has 2 heterocycles. The van der Waals surface area contributed by atoms with E-state index in [-0.39, 0.29) is 11.8 Å². The zero-order chi connectivity index (χ0) is 13.5. The van der Waals surface area contributed by atoms with E-state index in [4.69, 9.17) is 5.73 Å². The van der Waals surface area contributed by atoms with Crippen LogP contribution in [0.2, 0.25) is 0 Å². The summed E-state index contributed by atoms with van der Waals surface area (Å²) in [6.45, 7) is 1.24. The normalized spacial score (nSPS) is 31.0. The number of H-pyrrole nitrogens is 1. The molecule has 1 amide bonds. The number of nitrogen functional groups attached to an aromatic ring is 1. The molecule has 1 aromatic heterocycles. The smallest absolute Gasteiger partial charge is 0.271 e. The van der Waals surface area contributed by atoms with Crippen LogP contribution in [0.1, 0.15) is 42.6 Å². The molecule has 2 fully saturated rings. The number of carbonyl (C=O) groups is 1. The van der Waals surface area contributed by atoms with Gasteiger partial charge in [-0.15, -0.1) is 0 Å². The zero-order valence-corrected chi connectivity index (χ0v) is 10.9. The SMILES string of the molecule is Nc1cc(C(=O)N2CC[C@@]3(O)CCCC[C@H]3C2)[nH]n1. The number of aromatic nitrogens is 2. The lowest BCUT2D eigenvalue weighted by molar-refractivity contribution is -0.0886. The van der Waals surface area contributed by atoms with Crippen LogP contribution in [0.3, 0.4) is 0 Å². The molecular formula is C13H20N4O2. The van der Waals surface area contributed by atoms with E-state index >= 15 is 0 Å². The minimum atomic E-state index is -0.554. The van der Waals surface area contributed by atoms with E-state index in [2.05, 4.69) is 10.2 Å². The molecule has 4 N–H and O–H groups in total. The summed E-state index contributed by atoms with van der Waals surface area (Å²) in [5.74, 6) is 0.463. The van der Waals surface area contributed by atoms with Gasteiger partial charge in [0.25, 0.3) is 5.91 Å². The second kappa shape index (κ2) is 4.52. The first kappa shape index (κ1) is 12.5. The van der Waals surface area contributed by atoms with Crippen molar-refractivity contribution in [3.63, 3.8) is 0 Å². The van der Waals surface area contributed by atoms with Crippen molar-refractivity contribution in [2.24, 2.45) is 5.92 Å². The molecule has 3 rings (SSSR count). The summed E-state index contributed by atoms with van der Waals surface area (Å²) in [7, 11) is 0. The highest BCUT2D eigenvalue weighted by molar-refractivity contribution is 5.93. The highest BCUT2D eigenvalue weighted by atomic mass is 16.3. The topological polar surface area (TPSA) is 95.2 Å². The molecule has 1 aliphatic carbocycles. The van der Waals surface area contributed by atoms with Crippen molar-refractivity contribution >= 4 is 11.7 Å². The molecule has 0 bridgehead atoms. The van der Waals surface area contributed by atoms with E-state index in [1.54, 1.807) is 11.0 Å². The van der Waals surface area contributed by atoms with Gasteiger partial charge in [0.1, 0.15) is 11.5 Å². The minimum Gasteiger partial charge on any atom is -0.389 e. The molecule has 1 saturated carbocycles. The summed E-state index contributed by atoms with van der Waals surface area (Å²) in [6, 6.07) is 1.56. The molecule has 2 aliphatic rings. The highest BCUT2D eigenvalue weighted by Gasteiger charge is 2.43. The number of piperidine rings is 1. The van der Waals surface area contributed by atoms with Crippen LogP contribution in [0.4, 0.5) is 5.82 Å². The predicted octanol–water partition coefficient (Wildman–Crippen LogP) is 0.759. The number of carbonyl (C=O) groups excluding carboxylic acids is 1.